The van der Waals surface area contributed by atoms with Gasteiger partial charge < -0.3 is 4.79 Å². The first-order chi connectivity index (χ1) is 1.91. The van der Waals surface area contributed by atoms with Crippen molar-refractivity contribution in [3.8, 4) is 0 Å². The van der Waals surface area contributed by atoms with Crippen LogP contribution in [0.1, 0.15) is 0 Å². The van der Waals surface area contributed by atoms with Gasteiger partial charge in [0, 0.05) is 16.8 Å². The molecule has 0 spiro atoms. The van der Waals surface area contributed by atoms with E-state index in [1.807, 2.05) is 0 Å². The molecule has 0 aromatic rings. The average Bonchev–Trinajstić information content (AvgIpc) is 1.37. The Morgan fingerprint density at radius 2 is 1.83 bits per heavy atom. The number of allylic oxidation sites excluding steroid dienone is 1. The second-order valence-corrected chi connectivity index (χ2v) is 0.322. The zero-order valence-electron chi connectivity index (χ0n) is 2.83. The summed E-state index contributed by atoms with van der Waals surface area (Å²) in [5.74, 6) is 0. The second-order valence-electron chi connectivity index (χ2n) is 0.322. The van der Waals surface area contributed by atoms with Gasteiger partial charge in [-0.2, -0.15) is 0 Å². The molecule has 1 nitrogen and oxygen atoms in total. The Bertz CT molecular complexity index is 31.8. The Labute approximate surface area is 62.9 Å². The summed E-state index contributed by atoms with van der Waals surface area (Å²) < 4.78 is 0. The maximum absolute atomic E-state index is 8.93. The summed E-state index contributed by atoms with van der Waals surface area (Å²) in [7, 11) is 0. The molecule has 0 N–H and O–H groups in total. The first kappa shape index (κ1) is 15.9. The molecular formula is C3H3AuCoO. The molecule has 1 radical (unpaired) electrons. The van der Waals surface area contributed by atoms with Crippen LogP contribution in [0.4, 0.5) is 0 Å². The zero-order chi connectivity index (χ0) is 3.41. The first-order valence-electron chi connectivity index (χ1n) is 0.901. The minimum absolute atomic E-state index is 0. The number of hydrogen-bond acceptors (Lipinski definition) is 1. The molecule has 0 aliphatic heterocycles. The van der Waals surface area contributed by atoms with Crippen LogP contribution in [-0.4, -0.2) is 6.29 Å². The van der Waals surface area contributed by atoms with Gasteiger partial charge in [0.1, 0.15) is 0 Å². The molecule has 0 atom stereocenters. The molecule has 0 aliphatic rings. The number of rotatable bonds is 1. The van der Waals surface area contributed by atoms with Crippen LogP contribution in [0, 0.1) is 0 Å². The first-order valence-corrected chi connectivity index (χ1v) is 0.901. The zero-order valence-corrected chi connectivity index (χ0v) is 6.04. The molecule has 0 aromatic carbocycles. The fourth-order valence-corrected chi connectivity index (χ4v) is 0. The van der Waals surface area contributed by atoms with E-state index in [2.05, 4.69) is 6.58 Å². The molecule has 0 saturated heterocycles. The van der Waals surface area contributed by atoms with Crippen LogP contribution < -0.4 is 0 Å². The Morgan fingerprint density at radius 1 is 1.67 bits per heavy atom. The van der Waals surface area contributed by atoms with E-state index in [1.54, 1.807) is 0 Å². The van der Waals surface area contributed by atoms with E-state index in [-0.39, 0.29) is 39.2 Å². The fourth-order valence-electron chi connectivity index (χ4n) is 0. The molecule has 0 amide bonds. The van der Waals surface area contributed by atoms with E-state index in [0.717, 1.165) is 6.08 Å². The normalized spacial score (nSPS) is 3.33. The van der Waals surface area contributed by atoms with Gasteiger partial charge in [-0.1, -0.05) is 0 Å². The molecule has 0 unspecified atom stereocenters. The van der Waals surface area contributed by atoms with Crippen LogP contribution in [0.15, 0.2) is 12.7 Å². The van der Waals surface area contributed by atoms with Crippen LogP contribution in [-0.2, 0) is 44.0 Å². The van der Waals surface area contributed by atoms with E-state index in [1.165, 1.54) is 6.29 Å². The molecule has 0 rings (SSSR count). The molecule has 6 heavy (non-hydrogen) atoms. The second kappa shape index (κ2) is 17.4. The summed E-state index contributed by atoms with van der Waals surface area (Å²) in [4.78, 5) is 8.93. The van der Waals surface area contributed by atoms with Gasteiger partial charge in [0.05, 0.1) is 0 Å². The van der Waals surface area contributed by atoms with Gasteiger partial charge in [-0.25, -0.2) is 12.7 Å². The maximum atomic E-state index is 8.93. The van der Waals surface area contributed by atoms with Crippen molar-refractivity contribution < 1.29 is 44.0 Å². The molecular weight excluding hydrogens is 308 g/mol. The fraction of sp³-hybridized carbons (Fsp3) is 0. The van der Waals surface area contributed by atoms with Crippen molar-refractivity contribution in [3.63, 3.8) is 0 Å². The summed E-state index contributed by atoms with van der Waals surface area (Å²) in [5, 5.41) is 0. The van der Waals surface area contributed by atoms with E-state index in [0.29, 0.717) is 0 Å². The number of carbonyl (C=O) groups excluding carboxylic acids is 1. The van der Waals surface area contributed by atoms with Crippen molar-refractivity contribution >= 4 is 6.29 Å². The molecule has 0 fully saturated rings. The van der Waals surface area contributed by atoms with Crippen LogP contribution in [0.5, 0.6) is 0 Å². The standard InChI is InChI=1S/C3H3O.Au.Co/c1-2-3-4;;/h2H,1H2;;/q-1;+1;. The summed E-state index contributed by atoms with van der Waals surface area (Å²) >= 11 is 0. The van der Waals surface area contributed by atoms with Crippen molar-refractivity contribution in [2.75, 3.05) is 0 Å². The van der Waals surface area contributed by atoms with Gasteiger partial charge in [-0.05, 0) is 6.29 Å². The van der Waals surface area contributed by atoms with Crippen molar-refractivity contribution in [3.05, 3.63) is 12.7 Å². The summed E-state index contributed by atoms with van der Waals surface area (Å²) in [6, 6.07) is 0. The summed E-state index contributed by atoms with van der Waals surface area (Å²) in [6.07, 6.45) is 2.51. The van der Waals surface area contributed by atoms with E-state index in [9.17, 15) is 0 Å². The van der Waals surface area contributed by atoms with Gasteiger partial charge in [0.2, 0.25) is 0 Å². The van der Waals surface area contributed by atoms with Crippen molar-refractivity contribution in [2.24, 2.45) is 0 Å². The third kappa shape index (κ3) is 22.7. The van der Waals surface area contributed by atoms with Crippen LogP contribution in [0.2, 0.25) is 0 Å². The van der Waals surface area contributed by atoms with Gasteiger partial charge in [0.15, 0.2) is 0 Å². The summed E-state index contributed by atoms with van der Waals surface area (Å²) in [5.41, 5.74) is 0. The van der Waals surface area contributed by atoms with Gasteiger partial charge in [-0.15, -0.1) is 0 Å². The molecule has 0 aliphatic carbocycles. The number of hydrogen-bond donors (Lipinski definition) is 0. The Hall–Kier alpha value is 0.657. The van der Waals surface area contributed by atoms with Gasteiger partial charge >= 0.3 is 22.4 Å². The third-order valence-corrected chi connectivity index (χ3v) is 0.0833. The predicted octanol–water partition coefficient (Wildman–Crippen LogP) is 0.277. The van der Waals surface area contributed by atoms with Crippen molar-refractivity contribution in [1.29, 1.82) is 0 Å². The van der Waals surface area contributed by atoms with E-state index < -0.39 is 0 Å². The Morgan fingerprint density at radius 3 is 1.83 bits per heavy atom. The minimum Gasteiger partial charge on any atom is -0.419 e. The molecule has 0 aromatic heterocycles. The van der Waals surface area contributed by atoms with Crippen molar-refractivity contribution in [1.82, 2.24) is 0 Å². The van der Waals surface area contributed by atoms with Crippen LogP contribution in [0.25, 0.3) is 0 Å². The van der Waals surface area contributed by atoms with Crippen LogP contribution in [0.3, 0.4) is 0 Å². The maximum Gasteiger partial charge on any atom is 1.00 e. The van der Waals surface area contributed by atoms with Gasteiger partial charge in [-0.3, -0.25) is 0 Å². The predicted molar refractivity (Wildman–Crippen MR) is 15.9 cm³/mol. The Balaban J connectivity index is -0.0000000450. The average molecular weight is 311 g/mol. The molecule has 0 saturated carbocycles. The topological polar surface area (TPSA) is 17.1 Å². The smallest absolute Gasteiger partial charge is 0.419 e. The summed E-state index contributed by atoms with van der Waals surface area (Å²) in [6.45, 7) is 3.06. The molecule has 3 heteroatoms. The monoisotopic (exact) mass is 311 g/mol. The van der Waals surface area contributed by atoms with E-state index >= 15 is 0 Å². The van der Waals surface area contributed by atoms with E-state index in [4.69, 9.17) is 4.79 Å². The molecule has 0 heterocycles. The van der Waals surface area contributed by atoms with Gasteiger partial charge in [0.25, 0.3) is 0 Å². The minimum atomic E-state index is 0. The largest absolute Gasteiger partial charge is 1.00 e. The Kier molecular flexibility index (Phi) is 46.1. The van der Waals surface area contributed by atoms with Crippen molar-refractivity contribution in [2.45, 2.75) is 0 Å². The van der Waals surface area contributed by atoms with Crippen LogP contribution >= 0.6 is 0 Å². The molecule has 0 bridgehead atoms. The molecule has 41 valence electrons. The quantitative estimate of drug-likeness (QED) is 0.386. The SMILES string of the molecule is C=C[C-]=O.[Au+].[Co]. The third-order valence-electron chi connectivity index (χ3n) is 0.0833.